The zero-order valence-corrected chi connectivity index (χ0v) is 19.8. The molecule has 1 saturated heterocycles. The fourth-order valence-corrected chi connectivity index (χ4v) is 4.53. The second-order valence-corrected chi connectivity index (χ2v) is 9.13. The van der Waals surface area contributed by atoms with Crippen LogP contribution in [0.15, 0.2) is 48.5 Å². The number of ether oxygens (including phenoxy) is 2. The first-order valence-electron chi connectivity index (χ1n) is 11.7. The number of esters is 1. The molecule has 2 aromatic carbocycles. The van der Waals surface area contributed by atoms with Gasteiger partial charge in [0, 0.05) is 6.54 Å². The Morgan fingerprint density at radius 1 is 1.12 bits per heavy atom. The number of carbonyl (C=O) groups is 1. The van der Waals surface area contributed by atoms with Crippen molar-refractivity contribution in [3.05, 3.63) is 65.2 Å². The lowest BCUT2D eigenvalue weighted by molar-refractivity contribution is -0.152. The monoisotopic (exact) mass is 439 g/mol. The van der Waals surface area contributed by atoms with Crippen LogP contribution in [0.5, 0.6) is 5.75 Å². The summed E-state index contributed by atoms with van der Waals surface area (Å²) in [7, 11) is 0. The third-order valence-electron chi connectivity index (χ3n) is 6.39. The number of aliphatic hydroxyl groups excluding tert-OH is 1. The second-order valence-electron chi connectivity index (χ2n) is 9.13. The lowest BCUT2D eigenvalue weighted by Crippen LogP contribution is -2.50. The molecule has 2 aromatic rings. The number of nitrogens with zero attached hydrogens (tertiary/aromatic N) is 1. The Labute approximate surface area is 192 Å². The van der Waals surface area contributed by atoms with E-state index in [1.807, 2.05) is 50.2 Å². The molecule has 3 rings (SSSR count). The van der Waals surface area contributed by atoms with Gasteiger partial charge in [-0.25, -0.2) is 0 Å². The van der Waals surface area contributed by atoms with Gasteiger partial charge in [0.15, 0.2) is 0 Å². The fourth-order valence-electron chi connectivity index (χ4n) is 4.53. The first-order chi connectivity index (χ1) is 15.4. The van der Waals surface area contributed by atoms with Crippen molar-refractivity contribution in [3.63, 3.8) is 0 Å². The number of rotatable bonds is 9. The number of likely N-dealkylation sites (tertiary alicyclic amines) is 1. The van der Waals surface area contributed by atoms with E-state index < -0.39 is 11.5 Å². The van der Waals surface area contributed by atoms with Crippen LogP contribution in [0.25, 0.3) is 0 Å². The molecule has 1 aliphatic heterocycles. The predicted molar refractivity (Wildman–Crippen MR) is 127 cm³/mol. The van der Waals surface area contributed by atoms with Crippen molar-refractivity contribution in [3.8, 4) is 5.75 Å². The van der Waals surface area contributed by atoms with Crippen LogP contribution < -0.4 is 4.74 Å². The largest absolute Gasteiger partial charge is 0.491 e. The highest BCUT2D eigenvalue weighted by molar-refractivity contribution is 5.83. The van der Waals surface area contributed by atoms with E-state index in [2.05, 4.69) is 30.9 Å². The standard InChI is InChI=1S/C27H37NO4/c1-5-31-26(30)27(22-9-7-6-8-10-22)13-15-28(16-14-27)18-23(29)19-32-25-17-21(4)11-12-24(25)20(2)3/h6-12,17,20,23,29H,5,13-16,18-19H2,1-4H3/t23-/m0/s1. The summed E-state index contributed by atoms with van der Waals surface area (Å²) in [6.07, 6.45) is 0.764. The average Bonchev–Trinajstić information content (AvgIpc) is 2.79. The molecule has 0 spiro atoms. The summed E-state index contributed by atoms with van der Waals surface area (Å²) in [5, 5.41) is 10.6. The number of benzene rings is 2. The van der Waals surface area contributed by atoms with Gasteiger partial charge in [-0.1, -0.05) is 56.3 Å². The maximum atomic E-state index is 12.9. The lowest BCUT2D eigenvalue weighted by atomic mass is 9.72. The van der Waals surface area contributed by atoms with Gasteiger partial charge in [0.25, 0.3) is 0 Å². The van der Waals surface area contributed by atoms with E-state index in [1.165, 1.54) is 0 Å². The average molecular weight is 440 g/mol. The summed E-state index contributed by atoms with van der Waals surface area (Å²) in [5.74, 6) is 1.07. The number of hydrogen-bond acceptors (Lipinski definition) is 5. The molecule has 32 heavy (non-hydrogen) atoms. The van der Waals surface area contributed by atoms with Gasteiger partial charge in [-0.05, 0) is 68.5 Å². The van der Waals surface area contributed by atoms with Crippen molar-refractivity contribution in [1.82, 2.24) is 4.90 Å². The van der Waals surface area contributed by atoms with Gasteiger partial charge in [-0.2, -0.15) is 0 Å². The number of carbonyl (C=O) groups excluding carboxylic acids is 1. The van der Waals surface area contributed by atoms with Gasteiger partial charge in [0.2, 0.25) is 0 Å². The van der Waals surface area contributed by atoms with Gasteiger partial charge in [0.1, 0.15) is 18.5 Å². The van der Waals surface area contributed by atoms with Gasteiger partial charge < -0.3 is 19.5 Å². The van der Waals surface area contributed by atoms with E-state index in [-0.39, 0.29) is 12.6 Å². The molecule has 0 aromatic heterocycles. The van der Waals surface area contributed by atoms with Crippen molar-refractivity contribution < 1.29 is 19.4 Å². The lowest BCUT2D eigenvalue weighted by Gasteiger charge is -2.40. The van der Waals surface area contributed by atoms with Crippen molar-refractivity contribution in [2.75, 3.05) is 32.8 Å². The van der Waals surface area contributed by atoms with E-state index in [4.69, 9.17) is 9.47 Å². The molecule has 1 N–H and O–H groups in total. The minimum atomic E-state index is -0.608. The molecular weight excluding hydrogens is 402 g/mol. The molecule has 0 unspecified atom stereocenters. The van der Waals surface area contributed by atoms with Crippen LogP contribution in [0, 0.1) is 6.92 Å². The van der Waals surface area contributed by atoms with E-state index >= 15 is 0 Å². The van der Waals surface area contributed by atoms with Crippen LogP contribution in [-0.4, -0.2) is 54.9 Å². The summed E-state index contributed by atoms with van der Waals surface area (Å²) in [6.45, 7) is 10.8. The highest BCUT2D eigenvalue weighted by atomic mass is 16.5. The Morgan fingerprint density at radius 2 is 1.81 bits per heavy atom. The van der Waals surface area contributed by atoms with Gasteiger partial charge >= 0.3 is 5.97 Å². The van der Waals surface area contributed by atoms with E-state index in [0.717, 1.165) is 35.5 Å². The predicted octanol–water partition coefficient (Wildman–Crippen LogP) is 4.46. The van der Waals surface area contributed by atoms with Crippen LogP contribution in [0.1, 0.15) is 56.2 Å². The molecule has 1 aliphatic rings. The van der Waals surface area contributed by atoms with E-state index in [1.54, 1.807) is 0 Å². The second kappa shape index (κ2) is 11.0. The van der Waals surface area contributed by atoms with Crippen LogP contribution >= 0.6 is 0 Å². The molecule has 1 fully saturated rings. The first kappa shape index (κ1) is 24.3. The molecule has 0 bridgehead atoms. The third-order valence-corrected chi connectivity index (χ3v) is 6.39. The maximum absolute atomic E-state index is 12.9. The van der Waals surface area contributed by atoms with Crippen molar-refractivity contribution in [2.24, 2.45) is 0 Å². The molecule has 0 aliphatic carbocycles. The van der Waals surface area contributed by atoms with E-state index in [0.29, 0.717) is 31.9 Å². The smallest absolute Gasteiger partial charge is 0.316 e. The summed E-state index contributed by atoms with van der Waals surface area (Å²) in [5.41, 5.74) is 2.71. The quantitative estimate of drug-likeness (QED) is 0.585. The molecule has 174 valence electrons. The van der Waals surface area contributed by atoms with E-state index in [9.17, 15) is 9.90 Å². The van der Waals surface area contributed by atoms with Gasteiger partial charge in [-0.15, -0.1) is 0 Å². The highest BCUT2D eigenvalue weighted by Gasteiger charge is 2.44. The Kier molecular flexibility index (Phi) is 8.32. The SMILES string of the molecule is CCOC(=O)C1(c2ccccc2)CCN(C[C@H](O)COc2cc(C)ccc2C(C)C)CC1. The molecule has 1 heterocycles. The first-order valence-corrected chi connectivity index (χ1v) is 11.7. The minimum Gasteiger partial charge on any atom is -0.491 e. The number of aliphatic hydroxyl groups is 1. The van der Waals surface area contributed by atoms with Crippen molar-refractivity contribution in [1.29, 1.82) is 0 Å². The van der Waals surface area contributed by atoms with Crippen molar-refractivity contribution >= 4 is 5.97 Å². The van der Waals surface area contributed by atoms with Crippen LogP contribution in [0.3, 0.4) is 0 Å². The minimum absolute atomic E-state index is 0.143. The Bertz CT molecular complexity index is 872. The zero-order valence-electron chi connectivity index (χ0n) is 19.8. The number of β-amino-alcohol motifs (C(OH)–C–C–N with tert-alkyl or cyclic N) is 1. The highest BCUT2D eigenvalue weighted by Crippen LogP contribution is 2.37. The molecule has 1 atom stereocenters. The zero-order chi connectivity index (χ0) is 23.1. The summed E-state index contributed by atoms with van der Waals surface area (Å²) >= 11 is 0. The molecule has 0 radical (unpaired) electrons. The van der Waals surface area contributed by atoms with Crippen molar-refractivity contribution in [2.45, 2.75) is 58.0 Å². The molecule has 0 saturated carbocycles. The Hall–Kier alpha value is -2.37. The van der Waals surface area contributed by atoms with Crippen LogP contribution in [0.2, 0.25) is 0 Å². The van der Waals surface area contributed by atoms with Gasteiger partial charge in [-0.3, -0.25) is 4.79 Å². The Balaban J connectivity index is 1.59. The third kappa shape index (κ3) is 5.70. The molecule has 5 heteroatoms. The molecular formula is C27H37NO4. The normalized spacial score (nSPS) is 17.2. The fraction of sp³-hybridized carbons (Fsp3) is 0.519. The number of hydrogen-bond donors (Lipinski definition) is 1. The number of aryl methyl sites for hydroxylation is 1. The number of piperidine rings is 1. The van der Waals surface area contributed by atoms with Gasteiger partial charge in [0.05, 0.1) is 12.0 Å². The molecule has 5 nitrogen and oxygen atoms in total. The molecule has 0 amide bonds. The van der Waals surface area contributed by atoms with Crippen LogP contribution in [0.4, 0.5) is 0 Å². The summed E-state index contributed by atoms with van der Waals surface area (Å²) in [6, 6.07) is 16.2. The topological polar surface area (TPSA) is 59.0 Å². The summed E-state index contributed by atoms with van der Waals surface area (Å²) < 4.78 is 11.5. The summed E-state index contributed by atoms with van der Waals surface area (Å²) in [4.78, 5) is 15.1. The van der Waals surface area contributed by atoms with Crippen LogP contribution in [-0.2, 0) is 14.9 Å². The Morgan fingerprint density at radius 3 is 2.44 bits per heavy atom. The maximum Gasteiger partial charge on any atom is 0.316 e.